The molecule has 0 N–H and O–H groups in total. The van der Waals surface area contributed by atoms with Crippen LogP contribution in [0.3, 0.4) is 0 Å². The lowest BCUT2D eigenvalue weighted by Crippen LogP contribution is -2.40. The number of amides is 1. The predicted molar refractivity (Wildman–Crippen MR) is 93.2 cm³/mol. The summed E-state index contributed by atoms with van der Waals surface area (Å²) in [5.74, 6) is -0.702. The van der Waals surface area contributed by atoms with Gasteiger partial charge in [0, 0.05) is 30.0 Å². The van der Waals surface area contributed by atoms with E-state index in [2.05, 4.69) is 22.0 Å². The number of halogens is 3. The predicted octanol–water partition coefficient (Wildman–Crippen LogP) is 3.34. The number of fused-ring (bicyclic) bond motifs is 1. The van der Waals surface area contributed by atoms with Crippen molar-refractivity contribution in [1.29, 1.82) is 0 Å². The van der Waals surface area contributed by atoms with Gasteiger partial charge in [-0.15, -0.1) is 5.10 Å². The first-order valence-corrected chi connectivity index (χ1v) is 9.13. The molecule has 0 aromatic carbocycles. The van der Waals surface area contributed by atoms with Gasteiger partial charge in [0.15, 0.2) is 0 Å². The molecule has 1 fully saturated rings. The highest BCUT2D eigenvalue weighted by atomic mass is 19.4. The third-order valence-electron chi connectivity index (χ3n) is 5.56. The Morgan fingerprint density at radius 1 is 1.19 bits per heavy atom. The van der Waals surface area contributed by atoms with Crippen molar-refractivity contribution in [2.45, 2.75) is 65.1 Å². The molecular weight excluding hydrogens is 359 g/mol. The van der Waals surface area contributed by atoms with Crippen molar-refractivity contribution >= 4 is 11.7 Å². The second kappa shape index (κ2) is 7.09. The molecule has 0 bridgehead atoms. The number of alkyl halides is 3. The van der Waals surface area contributed by atoms with Gasteiger partial charge in [0.05, 0.1) is 6.42 Å². The molecule has 0 atom stereocenters. The van der Waals surface area contributed by atoms with E-state index < -0.39 is 12.0 Å². The minimum absolute atomic E-state index is 0.0573. The molecule has 9 heteroatoms. The van der Waals surface area contributed by atoms with Gasteiger partial charge in [-0.3, -0.25) is 4.79 Å². The lowest BCUT2D eigenvalue weighted by atomic mass is 9.86. The monoisotopic (exact) mass is 383 g/mol. The Hall–Kier alpha value is -2.19. The lowest BCUT2D eigenvalue weighted by Gasteiger charge is -2.33. The van der Waals surface area contributed by atoms with Crippen LogP contribution in [0.1, 0.15) is 55.4 Å². The van der Waals surface area contributed by atoms with E-state index in [1.165, 1.54) is 0 Å². The summed E-state index contributed by atoms with van der Waals surface area (Å²) in [6.07, 6.45) is -0.375. The summed E-state index contributed by atoms with van der Waals surface area (Å²) in [5, 5.41) is 3.53. The summed E-state index contributed by atoms with van der Waals surface area (Å²) in [6.45, 7) is 5.54. The molecule has 1 aliphatic rings. The normalized spacial score (nSPS) is 20.9. The standard InChI is InChI=1S/C18H24F3N5O/c1-10-5-7-13(8-6-10)25(4)15(27)9-14-11(2)22-17-23-16(18(19,20)21)24-26(17)12(14)3/h10,13H,5-9H2,1-4H3. The van der Waals surface area contributed by atoms with Gasteiger partial charge in [0.1, 0.15) is 0 Å². The first-order valence-electron chi connectivity index (χ1n) is 9.13. The molecule has 0 saturated heterocycles. The second-order valence-electron chi connectivity index (χ2n) is 7.50. The van der Waals surface area contributed by atoms with Gasteiger partial charge in [-0.25, -0.2) is 9.50 Å². The number of carbonyl (C=O) groups is 1. The smallest absolute Gasteiger partial charge is 0.342 e. The van der Waals surface area contributed by atoms with Crippen LogP contribution in [0.4, 0.5) is 13.2 Å². The molecule has 1 amide bonds. The highest BCUT2D eigenvalue weighted by Gasteiger charge is 2.37. The van der Waals surface area contributed by atoms with Gasteiger partial charge in [-0.1, -0.05) is 6.92 Å². The molecule has 3 rings (SSSR count). The summed E-state index contributed by atoms with van der Waals surface area (Å²) >= 11 is 0. The summed E-state index contributed by atoms with van der Waals surface area (Å²) in [7, 11) is 1.80. The third-order valence-corrected chi connectivity index (χ3v) is 5.56. The summed E-state index contributed by atoms with van der Waals surface area (Å²) < 4.78 is 39.7. The van der Waals surface area contributed by atoms with Crippen molar-refractivity contribution in [3.05, 3.63) is 22.8 Å². The highest BCUT2D eigenvalue weighted by molar-refractivity contribution is 5.79. The minimum atomic E-state index is -4.64. The van der Waals surface area contributed by atoms with Crippen molar-refractivity contribution in [3.63, 3.8) is 0 Å². The van der Waals surface area contributed by atoms with E-state index >= 15 is 0 Å². The molecular formula is C18H24F3N5O. The Labute approximate surface area is 155 Å². The third kappa shape index (κ3) is 3.91. The van der Waals surface area contributed by atoms with Crippen LogP contribution < -0.4 is 0 Å². The van der Waals surface area contributed by atoms with Gasteiger partial charge < -0.3 is 4.90 Å². The minimum Gasteiger partial charge on any atom is -0.342 e. The number of hydrogen-bond donors (Lipinski definition) is 0. The van der Waals surface area contributed by atoms with Gasteiger partial charge in [-0.05, 0) is 45.4 Å². The maximum atomic E-state index is 12.9. The maximum Gasteiger partial charge on any atom is 0.453 e. The van der Waals surface area contributed by atoms with E-state index in [0.29, 0.717) is 22.9 Å². The second-order valence-corrected chi connectivity index (χ2v) is 7.50. The van der Waals surface area contributed by atoms with Crippen molar-refractivity contribution in [2.24, 2.45) is 5.92 Å². The molecule has 2 heterocycles. The molecule has 0 unspecified atom stereocenters. The highest BCUT2D eigenvalue weighted by Crippen LogP contribution is 2.28. The Bertz CT molecular complexity index is 853. The van der Waals surface area contributed by atoms with Crippen molar-refractivity contribution < 1.29 is 18.0 Å². The van der Waals surface area contributed by atoms with E-state index in [4.69, 9.17) is 0 Å². The fraction of sp³-hybridized carbons (Fsp3) is 0.667. The number of aromatic nitrogens is 4. The van der Waals surface area contributed by atoms with Crippen LogP contribution in [0, 0.1) is 19.8 Å². The van der Waals surface area contributed by atoms with Crippen molar-refractivity contribution in [2.75, 3.05) is 7.05 Å². The molecule has 6 nitrogen and oxygen atoms in total. The zero-order chi connectivity index (χ0) is 19.9. The largest absolute Gasteiger partial charge is 0.453 e. The van der Waals surface area contributed by atoms with Crippen LogP contribution >= 0.6 is 0 Å². The molecule has 0 radical (unpaired) electrons. The first-order chi connectivity index (χ1) is 12.6. The zero-order valence-corrected chi connectivity index (χ0v) is 16.0. The molecule has 2 aromatic rings. The van der Waals surface area contributed by atoms with Crippen LogP contribution in [-0.4, -0.2) is 43.5 Å². The lowest BCUT2D eigenvalue weighted by molar-refractivity contribution is -0.144. The zero-order valence-electron chi connectivity index (χ0n) is 16.0. The molecule has 1 aliphatic carbocycles. The van der Waals surface area contributed by atoms with Crippen LogP contribution in [0.5, 0.6) is 0 Å². The van der Waals surface area contributed by atoms with E-state index in [9.17, 15) is 18.0 Å². The van der Waals surface area contributed by atoms with E-state index in [0.717, 1.165) is 30.2 Å². The topological polar surface area (TPSA) is 63.4 Å². The number of likely N-dealkylation sites (N-methyl/N-ethyl adjacent to an activating group) is 1. The van der Waals surface area contributed by atoms with Gasteiger partial charge in [0.25, 0.3) is 11.6 Å². The quantitative estimate of drug-likeness (QED) is 0.816. The molecule has 1 saturated carbocycles. The summed E-state index contributed by atoms with van der Waals surface area (Å²) in [4.78, 5) is 22.1. The van der Waals surface area contributed by atoms with Crippen LogP contribution in [0.15, 0.2) is 0 Å². The molecule has 27 heavy (non-hydrogen) atoms. The fourth-order valence-electron chi connectivity index (χ4n) is 3.69. The fourth-order valence-corrected chi connectivity index (χ4v) is 3.69. The van der Waals surface area contributed by atoms with Gasteiger partial charge in [0.2, 0.25) is 5.91 Å². The Balaban J connectivity index is 1.84. The molecule has 2 aromatic heterocycles. The number of nitrogens with zero attached hydrogens (tertiary/aromatic N) is 5. The number of rotatable bonds is 3. The molecule has 148 valence electrons. The SMILES string of the molecule is Cc1nc2nc(C(F)(F)F)nn2c(C)c1CC(=O)N(C)C1CCC(C)CC1. The first kappa shape index (κ1) is 19.6. The average Bonchev–Trinajstić information content (AvgIpc) is 3.03. The van der Waals surface area contributed by atoms with Crippen molar-refractivity contribution in [1.82, 2.24) is 24.5 Å². The Morgan fingerprint density at radius 2 is 1.81 bits per heavy atom. The Morgan fingerprint density at radius 3 is 2.41 bits per heavy atom. The maximum absolute atomic E-state index is 12.9. The van der Waals surface area contributed by atoms with Crippen LogP contribution in [0.25, 0.3) is 5.78 Å². The number of carbonyl (C=O) groups excluding carboxylic acids is 1. The molecule has 0 aliphatic heterocycles. The average molecular weight is 383 g/mol. The summed E-state index contributed by atoms with van der Waals surface area (Å²) in [6, 6.07) is 0.217. The summed E-state index contributed by atoms with van der Waals surface area (Å²) in [5.41, 5.74) is 1.56. The van der Waals surface area contributed by atoms with E-state index in [-0.39, 0.29) is 24.1 Å². The van der Waals surface area contributed by atoms with Gasteiger partial charge >= 0.3 is 6.18 Å². The van der Waals surface area contributed by atoms with Crippen LogP contribution in [-0.2, 0) is 17.4 Å². The van der Waals surface area contributed by atoms with E-state index in [1.807, 2.05) is 0 Å². The van der Waals surface area contributed by atoms with E-state index in [1.54, 1.807) is 25.8 Å². The number of hydrogen-bond acceptors (Lipinski definition) is 4. The van der Waals surface area contributed by atoms with Crippen molar-refractivity contribution in [3.8, 4) is 0 Å². The Kier molecular flexibility index (Phi) is 5.14. The number of aryl methyl sites for hydroxylation is 2. The van der Waals surface area contributed by atoms with Gasteiger partial charge in [-0.2, -0.15) is 18.2 Å². The van der Waals surface area contributed by atoms with Crippen LogP contribution in [0.2, 0.25) is 0 Å². The molecule has 0 spiro atoms.